The average Bonchev–Trinajstić information content (AvgIpc) is 2.89. The maximum Gasteiger partial charge on any atom is 0.172 e. The first kappa shape index (κ1) is 13.8. The Morgan fingerprint density at radius 3 is 2.95 bits per heavy atom. The van der Waals surface area contributed by atoms with E-state index in [4.69, 9.17) is 4.74 Å². The zero-order valence-electron chi connectivity index (χ0n) is 11.9. The highest BCUT2D eigenvalue weighted by Gasteiger charge is 2.07. The number of benzene rings is 1. The number of fused-ring (bicyclic) bond motifs is 1. The number of hydrogen-bond donors (Lipinski definition) is 2. The van der Waals surface area contributed by atoms with Crippen molar-refractivity contribution in [2.45, 2.75) is 17.1 Å². The number of aromatic nitrogens is 3. The Labute approximate surface area is 127 Å². The molecule has 2 aromatic heterocycles. The van der Waals surface area contributed by atoms with Crippen molar-refractivity contribution in [2.24, 2.45) is 0 Å². The number of methoxy groups -OCH3 is 1. The van der Waals surface area contributed by atoms with Crippen molar-refractivity contribution in [3.8, 4) is 5.75 Å². The summed E-state index contributed by atoms with van der Waals surface area (Å²) in [5.41, 5.74) is 1.88. The Morgan fingerprint density at radius 1 is 1.24 bits per heavy atom. The monoisotopic (exact) mass is 300 g/mol. The van der Waals surface area contributed by atoms with Crippen LogP contribution in [-0.4, -0.2) is 28.6 Å². The van der Waals surface area contributed by atoms with Crippen LogP contribution in [0.25, 0.3) is 11.0 Å². The maximum atomic E-state index is 5.22. The van der Waals surface area contributed by atoms with Crippen molar-refractivity contribution >= 4 is 28.6 Å². The minimum atomic E-state index is 0.815. The van der Waals surface area contributed by atoms with E-state index >= 15 is 0 Å². The third-order valence-electron chi connectivity index (χ3n) is 2.95. The number of anilines is 1. The van der Waals surface area contributed by atoms with Crippen molar-refractivity contribution < 1.29 is 4.74 Å². The fraction of sp³-hybridized carbons (Fsp3) is 0.200. The van der Waals surface area contributed by atoms with Gasteiger partial charge in [-0.2, -0.15) is 0 Å². The van der Waals surface area contributed by atoms with Crippen LogP contribution in [0.3, 0.4) is 0 Å². The number of aromatic amines is 1. The van der Waals surface area contributed by atoms with E-state index in [0.29, 0.717) is 0 Å². The minimum Gasteiger partial charge on any atom is -0.497 e. The SMILES string of the molecule is CCNc1cccc(Sc2nc3ccc(OC)cc3[nH]2)n1. The van der Waals surface area contributed by atoms with Gasteiger partial charge in [0.05, 0.1) is 18.1 Å². The zero-order valence-corrected chi connectivity index (χ0v) is 12.7. The maximum absolute atomic E-state index is 5.22. The third kappa shape index (κ3) is 3.11. The van der Waals surface area contributed by atoms with Gasteiger partial charge in [0.15, 0.2) is 5.16 Å². The number of pyridine rings is 1. The molecular formula is C15H16N4OS. The molecule has 2 heterocycles. The first-order valence-corrected chi connectivity index (χ1v) is 7.52. The molecule has 0 spiro atoms. The summed E-state index contributed by atoms with van der Waals surface area (Å²) in [6, 6.07) is 11.7. The van der Waals surface area contributed by atoms with E-state index in [9.17, 15) is 0 Å². The molecule has 0 aliphatic heterocycles. The Balaban J connectivity index is 1.85. The molecule has 0 saturated heterocycles. The molecule has 108 valence electrons. The molecule has 0 aliphatic rings. The van der Waals surface area contributed by atoms with Crippen LogP contribution in [-0.2, 0) is 0 Å². The summed E-state index contributed by atoms with van der Waals surface area (Å²) in [4.78, 5) is 12.4. The fourth-order valence-electron chi connectivity index (χ4n) is 1.99. The predicted molar refractivity (Wildman–Crippen MR) is 85.2 cm³/mol. The highest BCUT2D eigenvalue weighted by molar-refractivity contribution is 7.99. The van der Waals surface area contributed by atoms with E-state index in [1.54, 1.807) is 7.11 Å². The highest BCUT2D eigenvalue weighted by atomic mass is 32.2. The lowest BCUT2D eigenvalue weighted by atomic mass is 10.3. The first-order valence-electron chi connectivity index (χ1n) is 6.71. The summed E-state index contributed by atoms with van der Waals surface area (Å²) >= 11 is 1.51. The minimum absolute atomic E-state index is 0.815. The second-order valence-corrected chi connectivity index (χ2v) is 5.43. The van der Waals surface area contributed by atoms with E-state index in [2.05, 4.69) is 20.3 Å². The van der Waals surface area contributed by atoms with Gasteiger partial charge in [0.1, 0.15) is 16.6 Å². The molecule has 3 rings (SSSR count). The van der Waals surface area contributed by atoms with Gasteiger partial charge in [-0.1, -0.05) is 6.07 Å². The van der Waals surface area contributed by atoms with Gasteiger partial charge in [-0.05, 0) is 43.0 Å². The van der Waals surface area contributed by atoms with Crippen LogP contribution < -0.4 is 10.1 Å². The van der Waals surface area contributed by atoms with Crippen LogP contribution in [0.1, 0.15) is 6.92 Å². The van der Waals surface area contributed by atoms with Crippen LogP contribution >= 0.6 is 11.8 Å². The molecule has 0 unspecified atom stereocenters. The molecule has 6 heteroatoms. The Hall–Kier alpha value is -2.21. The molecule has 0 aliphatic carbocycles. The molecule has 5 nitrogen and oxygen atoms in total. The van der Waals surface area contributed by atoms with E-state index in [1.807, 2.05) is 43.3 Å². The average molecular weight is 300 g/mol. The molecule has 0 saturated carbocycles. The van der Waals surface area contributed by atoms with Crippen molar-refractivity contribution in [3.05, 3.63) is 36.4 Å². The lowest BCUT2D eigenvalue weighted by molar-refractivity contribution is 0.415. The number of nitrogens with zero attached hydrogens (tertiary/aromatic N) is 2. The molecule has 1 aromatic carbocycles. The van der Waals surface area contributed by atoms with E-state index in [-0.39, 0.29) is 0 Å². The highest BCUT2D eigenvalue weighted by Crippen LogP contribution is 2.27. The zero-order chi connectivity index (χ0) is 14.7. The molecule has 0 amide bonds. The van der Waals surface area contributed by atoms with E-state index in [0.717, 1.165) is 39.3 Å². The van der Waals surface area contributed by atoms with Crippen molar-refractivity contribution in [1.82, 2.24) is 15.0 Å². The summed E-state index contributed by atoms with van der Waals surface area (Å²) in [6.45, 7) is 2.90. The van der Waals surface area contributed by atoms with Gasteiger partial charge in [0.25, 0.3) is 0 Å². The van der Waals surface area contributed by atoms with Gasteiger partial charge >= 0.3 is 0 Å². The number of imidazole rings is 1. The summed E-state index contributed by atoms with van der Waals surface area (Å²) in [6.07, 6.45) is 0. The molecular weight excluding hydrogens is 284 g/mol. The first-order chi connectivity index (χ1) is 10.3. The third-order valence-corrected chi connectivity index (χ3v) is 3.77. The quantitative estimate of drug-likeness (QED) is 0.754. The Kier molecular flexibility index (Phi) is 3.96. The number of nitrogens with one attached hydrogen (secondary N) is 2. The van der Waals surface area contributed by atoms with Gasteiger partial charge in [-0.25, -0.2) is 9.97 Å². The van der Waals surface area contributed by atoms with Crippen molar-refractivity contribution in [3.63, 3.8) is 0 Å². The predicted octanol–water partition coefficient (Wildman–Crippen LogP) is 3.55. The van der Waals surface area contributed by atoms with Gasteiger partial charge in [-0.3, -0.25) is 0 Å². The van der Waals surface area contributed by atoms with Crippen LogP contribution in [0.15, 0.2) is 46.6 Å². The van der Waals surface area contributed by atoms with Crippen LogP contribution in [0.4, 0.5) is 5.82 Å². The van der Waals surface area contributed by atoms with Crippen molar-refractivity contribution in [2.75, 3.05) is 19.0 Å². The summed E-state index contributed by atoms with van der Waals surface area (Å²) < 4.78 is 5.22. The lowest BCUT2D eigenvalue weighted by Crippen LogP contribution is -1.98. The van der Waals surface area contributed by atoms with Gasteiger partial charge in [-0.15, -0.1) is 0 Å². The molecule has 2 N–H and O–H groups in total. The molecule has 0 fully saturated rings. The van der Waals surface area contributed by atoms with Gasteiger partial charge in [0.2, 0.25) is 0 Å². The van der Waals surface area contributed by atoms with Gasteiger partial charge < -0.3 is 15.0 Å². The normalized spacial score (nSPS) is 10.8. The lowest BCUT2D eigenvalue weighted by Gasteiger charge is -2.03. The second kappa shape index (κ2) is 6.05. The molecule has 3 aromatic rings. The topological polar surface area (TPSA) is 62.8 Å². The van der Waals surface area contributed by atoms with Crippen molar-refractivity contribution in [1.29, 1.82) is 0 Å². The smallest absolute Gasteiger partial charge is 0.172 e. The molecule has 0 bridgehead atoms. The summed E-state index contributed by atoms with van der Waals surface area (Å²) in [5, 5.41) is 4.92. The van der Waals surface area contributed by atoms with E-state index in [1.165, 1.54) is 11.8 Å². The molecule has 0 radical (unpaired) electrons. The van der Waals surface area contributed by atoms with Crippen LogP contribution in [0, 0.1) is 0 Å². The Bertz CT molecular complexity index is 756. The van der Waals surface area contributed by atoms with E-state index < -0.39 is 0 Å². The van der Waals surface area contributed by atoms with Gasteiger partial charge in [0, 0.05) is 12.6 Å². The fourth-order valence-corrected chi connectivity index (χ4v) is 2.78. The second-order valence-electron chi connectivity index (χ2n) is 4.42. The summed E-state index contributed by atoms with van der Waals surface area (Å²) in [7, 11) is 1.66. The number of ether oxygens (including phenoxy) is 1. The standard InChI is InChI=1S/C15H16N4OS/c1-3-16-13-5-4-6-14(19-13)21-15-17-11-8-7-10(20-2)9-12(11)18-15/h4-9H,3H2,1-2H3,(H,16,19)(H,17,18). The molecule has 0 atom stereocenters. The number of hydrogen-bond acceptors (Lipinski definition) is 5. The molecule has 21 heavy (non-hydrogen) atoms. The number of rotatable bonds is 5. The number of H-pyrrole nitrogens is 1. The summed E-state index contributed by atoms with van der Waals surface area (Å²) in [5.74, 6) is 1.69. The van der Waals surface area contributed by atoms with Crippen LogP contribution in [0.5, 0.6) is 5.75 Å². The van der Waals surface area contributed by atoms with Crippen LogP contribution in [0.2, 0.25) is 0 Å². The Morgan fingerprint density at radius 2 is 2.14 bits per heavy atom. The largest absolute Gasteiger partial charge is 0.497 e.